The summed E-state index contributed by atoms with van der Waals surface area (Å²) in [6.07, 6.45) is 3.81. The zero-order valence-electron chi connectivity index (χ0n) is 18.9. The second kappa shape index (κ2) is 10.6. The molecule has 5 rings (SSSR count). The summed E-state index contributed by atoms with van der Waals surface area (Å²) < 4.78 is 8.22. The van der Waals surface area contributed by atoms with Crippen molar-refractivity contribution in [3.63, 3.8) is 0 Å². The van der Waals surface area contributed by atoms with Gasteiger partial charge in [-0.15, -0.1) is 0 Å². The number of hydrogen-bond donors (Lipinski definition) is 1. The van der Waals surface area contributed by atoms with Gasteiger partial charge in [-0.25, -0.2) is 0 Å². The highest BCUT2D eigenvalue weighted by atomic mass is 35.5. The summed E-state index contributed by atoms with van der Waals surface area (Å²) in [5, 5.41) is 2.63. The first-order valence-electron chi connectivity index (χ1n) is 11.1. The highest BCUT2D eigenvalue weighted by Gasteiger charge is 2.34. The van der Waals surface area contributed by atoms with Crippen LogP contribution >= 0.6 is 35.6 Å². The van der Waals surface area contributed by atoms with Crippen molar-refractivity contribution in [2.45, 2.75) is 6.54 Å². The van der Waals surface area contributed by atoms with Gasteiger partial charge in [0.2, 0.25) is 0 Å². The molecule has 6 nitrogen and oxygen atoms in total. The van der Waals surface area contributed by atoms with Gasteiger partial charge in [-0.3, -0.25) is 15.0 Å². The molecule has 4 aromatic rings. The van der Waals surface area contributed by atoms with Crippen LogP contribution in [-0.2, 0) is 11.3 Å². The first kappa shape index (κ1) is 24.1. The molecule has 0 bridgehead atoms. The molecular formula is C27H20ClN3O3S2. The van der Waals surface area contributed by atoms with E-state index in [0.717, 1.165) is 39.0 Å². The number of nitrogens with one attached hydrogen (secondary N) is 1. The summed E-state index contributed by atoms with van der Waals surface area (Å²) in [5.74, 6) is -0.00528. The first-order valence-corrected chi connectivity index (χ1v) is 12.7. The summed E-state index contributed by atoms with van der Waals surface area (Å²) in [7, 11) is 0. The summed E-state index contributed by atoms with van der Waals surface area (Å²) in [6, 6.07) is 24.1. The highest BCUT2D eigenvalue weighted by molar-refractivity contribution is 8.26. The molecule has 9 heteroatoms. The van der Waals surface area contributed by atoms with Crippen molar-refractivity contribution in [1.29, 1.82) is 0 Å². The van der Waals surface area contributed by atoms with Crippen LogP contribution in [0.2, 0.25) is 5.02 Å². The lowest BCUT2D eigenvalue weighted by Crippen LogP contribution is -2.44. The number of para-hydroxylation sites is 2. The van der Waals surface area contributed by atoms with Gasteiger partial charge >= 0.3 is 0 Å². The molecule has 3 aromatic carbocycles. The van der Waals surface area contributed by atoms with Crippen molar-refractivity contribution in [3.8, 4) is 5.75 Å². The fraction of sp³-hybridized carbons (Fsp3) is 0.0741. The molecule has 2 heterocycles. The Morgan fingerprint density at radius 3 is 2.53 bits per heavy atom. The van der Waals surface area contributed by atoms with Crippen LogP contribution in [-0.4, -0.2) is 32.3 Å². The highest BCUT2D eigenvalue weighted by Crippen LogP contribution is 2.33. The summed E-state index contributed by atoms with van der Waals surface area (Å²) >= 11 is 12.4. The van der Waals surface area contributed by atoms with Gasteiger partial charge in [0.1, 0.15) is 12.4 Å². The molecule has 180 valence electrons. The van der Waals surface area contributed by atoms with Gasteiger partial charge in [-0.2, -0.15) is 5.01 Å². The van der Waals surface area contributed by atoms with Crippen LogP contribution in [0.4, 0.5) is 0 Å². The van der Waals surface area contributed by atoms with E-state index in [9.17, 15) is 9.59 Å². The lowest BCUT2D eigenvalue weighted by molar-refractivity contribution is -0.123. The summed E-state index contributed by atoms with van der Waals surface area (Å²) in [6.45, 7) is 1.14. The second-order valence-corrected chi connectivity index (χ2v) is 10.0. The lowest BCUT2D eigenvalue weighted by atomic mass is 10.1. The molecule has 0 radical (unpaired) electrons. The number of carbonyl (C=O) groups excluding carboxylic acids is 2. The van der Waals surface area contributed by atoms with Crippen LogP contribution in [0.1, 0.15) is 15.9 Å². The van der Waals surface area contributed by atoms with Gasteiger partial charge < -0.3 is 9.30 Å². The number of thiocarbonyl (C=S) groups is 1. The number of rotatable bonds is 7. The Hall–Kier alpha value is -3.59. The monoisotopic (exact) mass is 533 g/mol. The van der Waals surface area contributed by atoms with E-state index >= 15 is 0 Å². The molecule has 1 N–H and O–H groups in total. The summed E-state index contributed by atoms with van der Waals surface area (Å²) in [5.41, 5.74) is 4.88. The number of hydrogen-bond acceptors (Lipinski definition) is 5. The van der Waals surface area contributed by atoms with Gasteiger partial charge in [-0.1, -0.05) is 59.8 Å². The molecule has 0 atom stereocenters. The van der Waals surface area contributed by atoms with Crippen molar-refractivity contribution < 1.29 is 14.3 Å². The third-order valence-electron chi connectivity index (χ3n) is 5.56. The minimum atomic E-state index is -0.445. The number of nitrogens with zero attached hydrogens (tertiary/aromatic N) is 2. The van der Waals surface area contributed by atoms with E-state index in [-0.39, 0.29) is 10.2 Å². The largest absolute Gasteiger partial charge is 0.492 e. The number of amides is 2. The van der Waals surface area contributed by atoms with Gasteiger partial charge in [-0.05, 0) is 60.8 Å². The van der Waals surface area contributed by atoms with Crippen molar-refractivity contribution in [1.82, 2.24) is 15.0 Å². The molecule has 1 saturated heterocycles. The van der Waals surface area contributed by atoms with Gasteiger partial charge in [0.15, 0.2) is 4.32 Å². The molecular weight excluding hydrogens is 514 g/mol. The predicted octanol–water partition coefficient (Wildman–Crippen LogP) is 5.92. The molecule has 0 saturated carbocycles. The number of thioether (sulfide) groups is 1. The normalized spacial score (nSPS) is 14.6. The van der Waals surface area contributed by atoms with Gasteiger partial charge in [0, 0.05) is 33.2 Å². The number of aromatic nitrogens is 1. The van der Waals surface area contributed by atoms with E-state index in [1.54, 1.807) is 24.3 Å². The summed E-state index contributed by atoms with van der Waals surface area (Å²) in [4.78, 5) is 26.1. The molecule has 1 aromatic heterocycles. The standard InChI is InChI=1S/C27H20ClN3O3S2/c28-20-12-10-18(11-13-20)25(32)29-31-26(33)24(36-27(31)35)16-19-17-30(23-9-5-4-8-22(19)23)14-15-34-21-6-2-1-3-7-21/h1-13,16-17H,14-15H2,(H,29,32)/b24-16-. The van der Waals surface area contributed by atoms with Crippen LogP contribution in [0.5, 0.6) is 5.75 Å². The van der Waals surface area contributed by atoms with Crippen molar-refractivity contribution >= 4 is 68.7 Å². The predicted molar refractivity (Wildman–Crippen MR) is 148 cm³/mol. The molecule has 0 aliphatic carbocycles. The van der Waals surface area contributed by atoms with Gasteiger partial charge in [0.05, 0.1) is 11.4 Å². The van der Waals surface area contributed by atoms with E-state index in [1.165, 1.54) is 0 Å². The number of fused-ring (bicyclic) bond motifs is 1. The Labute approximate surface area is 222 Å². The van der Waals surface area contributed by atoms with Crippen LogP contribution in [0, 0.1) is 0 Å². The van der Waals surface area contributed by atoms with Crippen LogP contribution in [0.15, 0.2) is 90.0 Å². The van der Waals surface area contributed by atoms with Crippen molar-refractivity contribution in [2.75, 3.05) is 6.61 Å². The quantitative estimate of drug-likeness (QED) is 0.236. The average Bonchev–Trinajstić information content (AvgIpc) is 3.37. The molecule has 1 fully saturated rings. The SMILES string of the molecule is O=C(NN1C(=O)/C(=C/c2cn(CCOc3ccccc3)c3ccccc23)SC1=S)c1ccc(Cl)cc1. The number of carbonyl (C=O) groups is 2. The average molecular weight is 534 g/mol. The Kier molecular flexibility index (Phi) is 7.09. The van der Waals surface area contributed by atoms with Crippen LogP contribution < -0.4 is 10.2 Å². The molecule has 0 spiro atoms. The van der Waals surface area contributed by atoms with Gasteiger partial charge in [0.25, 0.3) is 11.8 Å². The second-order valence-electron chi connectivity index (χ2n) is 7.92. The fourth-order valence-corrected chi connectivity index (χ4v) is 5.12. The Morgan fingerprint density at radius 1 is 1.03 bits per heavy atom. The van der Waals surface area contributed by atoms with E-state index < -0.39 is 5.91 Å². The molecule has 1 aliphatic heterocycles. The number of benzene rings is 3. The first-order chi connectivity index (χ1) is 17.5. The minimum Gasteiger partial charge on any atom is -0.492 e. The number of ether oxygens (including phenoxy) is 1. The Balaban J connectivity index is 1.34. The van der Waals surface area contributed by atoms with Crippen LogP contribution in [0.3, 0.4) is 0 Å². The third-order valence-corrected chi connectivity index (χ3v) is 7.12. The zero-order chi connectivity index (χ0) is 25.1. The van der Waals surface area contributed by atoms with E-state index in [0.29, 0.717) is 28.6 Å². The van der Waals surface area contributed by atoms with E-state index in [4.69, 9.17) is 28.6 Å². The Morgan fingerprint density at radius 2 is 1.75 bits per heavy atom. The molecule has 1 aliphatic rings. The zero-order valence-corrected chi connectivity index (χ0v) is 21.3. The number of hydrazine groups is 1. The molecule has 36 heavy (non-hydrogen) atoms. The van der Waals surface area contributed by atoms with E-state index in [1.807, 2.05) is 66.9 Å². The fourth-order valence-electron chi connectivity index (χ4n) is 3.83. The van der Waals surface area contributed by atoms with Crippen molar-refractivity contribution in [3.05, 3.63) is 106 Å². The molecule has 2 amide bonds. The maximum Gasteiger partial charge on any atom is 0.285 e. The molecule has 0 unspecified atom stereocenters. The van der Waals surface area contributed by atoms with Crippen molar-refractivity contribution in [2.24, 2.45) is 0 Å². The topological polar surface area (TPSA) is 63.6 Å². The maximum atomic E-state index is 13.1. The van der Waals surface area contributed by atoms with E-state index in [2.05, 4.69) is 9.99 Å². The Bertz CT molecular complexity index is 1480. The lowest BCUT2D eigenvalue weighted by Gasteiger charge is -2.15. The third kappa shape index (κ3) is 5.16. The smallest absolute Gasteiger partial charge is 0.285 e. The minimum absolute atomic E-state index is 0.258. The maximum absolute atomic E-state index is 13.1. The number of halogens is 1. The van der Waals surface area contributed by atoms with Crippen LogP contribution in [0.25, 0.3) is 17.0 Å².